The van der Waals surface area contributed by atoms with Gasteiger partial charge >= 0.3 is 5.97 Å². The minimum absolute atomic E-state index is 0. The summed E-state index contributed by atoms with van der Waals surface area (Å²) >= 11 is 0. The second-order valence-electron chi connectivity index (χ2n) is 2.63. The first-order valence-electron chi connectivity index (χ1n) is 3.72. The zero-order valence-corrected chi connectivity index (χ0v) is 6.60. The highest BCUT2D eigenvalue weighted by Crippen LogP contribution is 2.01. The molecule has 1 aromatic rings. The van der Waals surface area contributed by atoms with E-state index in [1.54, 1.807) is 0 Å². The molecule has 0 aliphatic carbocycles. The third kappa shape index (κ3) is 4.09. The molecule has 3 N–H and O–H groups in total. The molecule has 0 aliphatic heterocycles. The van der Waals surface area contributed by atoms with Crippen LogP contribution in [0.5, 0.6) is 0 Å². The Kier molecular flexibility index (Phi) is 5.40. The monoisotopic (exact) mass is 195 g/mol. The van der Waals surface area contributed by atoms with Gasteiger partial charge in [0.05, 0.1) is 0 Å². The van der Waals surface area contributed by atoms with Crippen LogP contribution in [0.3, 0.4) is 0 Å². The smallest absolute Gasteiger partial charge is 0.320 e. The molecule has 0 aliphatic rings. The Morgan fingerprint density at radius 2 is 1.92 bits per heavy atom. The molecule has 0 amide bonds. The first-order chi connectivity index (χ1) is 5.70. The first kappa shape index (κ1) is 12.2. The molecule has 0 saturated carbocycles. The van der Waals surface area contributed by atoms with E-state index in [2.05, 4.69) is 0 Å². The maximum atomic E-state index is 10.4. The molecular weight excluding hydrogens is 181 g/mol. The van der Waals surface area contributed by atoms with Crippen molar-refractivity contribution in [3.8, 4) is 0 Å². The molecule has 0 bridgehead atoms. The molecule has 13 heavy (non-hydrogen) atoms. The summed E-state index contributed by atoms with van der Waals surface area (Å²) in [5.74, 6) is -0.959. The highest BCUT2D eigenvalue weighted by atomic mass is 27.0. The van der Waals surface area contributed by atoms with Gasteiger partial charge in [0.1, 0.15) is 6.04 Å². The number of carboxylic acid groups (broad SMARTS) is 1. The van der Waals surface area contributed by atoms with E-state index in [1.165, 1.54) is 0 Å². The van der Waals surface area contributed by atoms with Gasteiger partial charge < -0.3 is 10.8 Å². The van der Waals surface area contributed by atoms with Gasteiger partial charge in [-0.15, -0.1) is 0 Å². The molecule has 1 aromatic carbocycles. The summed E-state index contributed by atoms with van der Waals surface area (Å²) in [5.41, 5.74) is 6.30. The van der Waals surface area contributed by atoms with Crippen molar-refractivity contribution in [2.24, 2.45) is 5.73 Å². The molecule has 0 fully saturated rings. The summed E-state index contributed by atoms with van der Waals surface area (Å²) in [6.45, 7) is 0. The van der Waals surface area contributed by atoms with E-state index < -0.39 is 12.0 Å². The molecule has 1 unspecified atom stereocenters. The fraction of sp³-hybridized carbons (Fsp3) is 0.222. The van der Waals surface area contributed by atoms with Crippen LogP contribution in [0.4, 0.5) is 0 Å². The van der Waals surface area contributed by atoms with Crippen molar-refractivity contribution in [3.05, 3.63) is 35.9 Å². The maximum absolute atomic E-state index is 10.4. The van der Waals surface area contributed by atoms with Gasteiger partial charge in [0.25, 0.3) is 0 Å². The minimum Gasteiger partial charge on any atom is -0.480 e. The Labute approximate surface area is 87.7 Å². The number of benzene rings is 1. The summed E-state index contributed by atoms with van der Waals surface area (Å²) in [5, 5.41) is 8.52. The van der Waals surface area contributed by atoms with Crippen LogP contribution in [0, 0.1) is 0 Å². The average molecular weight is 195 g/mol. The van der Waals surface area contributed by atoms with E-state index in [1.807, 2.05) is 30.3 Å². The van der Waals surface area contributed by atoms with Gasteiger partial charge in [-0.1, -0.05) is 30.3 Å². The topological polar surface area (TPSA) is 63.3 Å². The van der Waals surface area contributed by atoms with Crippen LogP contribution in [-0.2, 0) is 11.2 Å². The van der Waals surface area contributed by atoms with Gasteiger partial charge in [-0.25, -0.2) is 0 Å². The minimum atomic E-state index is -0.959. The standard InChI is InChI=1S/C9H11NO2.Al.3H/c10-8(9(11)12)6-7-4-2-1-3-5-7;;;;/h1-5,8H,6,10H2,(H,11,12);;;;. The molecule has 0 aromatic heterocycles. The number of carboxylic acids is 1. The van der Waals surface area contributed by atoms with Crippen molar-refractivity contribution >= 4 is 23.3 Å². The van der Waals surface area contributed by atoms with Gasteiger partial charge in [0, 0.05) is 0 Å². The fourth-order valence-corrected chi connectivity index (χ4v) is 0.955. The summed E-state index contributed by atoms with van der Waals surface area (Å²) in [6, 6.07) is 8.54. The molecule has 70 valence electrons. The van der Waals surface area contributed by atoms with Gasteiger partial charge in [0.15, 0.2) is 17.4 Å². The second-order valence-corrected chi connectivity index (χ2v) is 2.63. The van der Waals surface area contributed by atoms with Crippen LogP contribution in [0.25, 0.3) is 0 Å². The van der Waals surface area contributed by atoms with Crippen LogP contribution >= 0.6 is 0 Å². The number of rotatable bonds is 3. The Hall–Kier alpha value is -0.818. The number of nitrogens with two attached hydrogens (primary N) is 1. The third-order valence-electron chi connectivity index (χ3n) is 1.62. The van der Waals surface area contributed by atoms with Gasteiger partial charge in [-0.2, -0.15) is 0 Å². The van der Waals surface area contributed by atoms with Crippen LogP contribution in [0.2, 0.25) is 0 Å². The molecule has 3 nitrogen and oxygen atoms in total. The van der Waals surface area contributed by atoms with Crippen LogP contribution < -0.4 is 5.73 Å². The SMILES string of the molecule is NC(Cc1ccccc1)C(=O)O.[AlH3]. The molecule has 1 rings (SSSR count). The summed E-state index contributed by atoms with van der Waals surface area (Å²) in [6.07, 6.45) is 0.385. The summed E-state index contributed by atoms with van der Waals surface area (Å²) in [7, 11) is 0. The fourth-order valence-electron chi connectivity index (χ4n) is 0.955. The van der Waals surface area contributed by atoms with Crippen molar-refractivity contribution in [3.63, 3.8) is 0 Å². The lowest BCUT2D eigenvalue weighted by Crippen LogP contribution is -2.32. The highest BCUT2D eigenvalue weighted by molar-refractivity contribution is 5.75. The molecule has 1 atom stereocenters. The summed E-state index contributed by atoms with van der Waals surface area (Å²) in [4.78, 5) is 10.4. The van der Waals surface area contributed by atoms with E-state index in [-0.39, 0.29) is 17.4 Å². The van der Waals surface area contributed by atoms with Gasteiger partial charge in [-0.3, -0.25) is 4.79 Å². The van der Waals surface area contributed by atoms with E-state index in [0.717, 1.165) is 5.56 Å². The molecular formula is C9H14AlNO2. The Morgan fingerprint density at radius 3 is 2.38 bits per heavy atom. The van der Waals surface area contributed by atoms with E-state index in [9.17, 15) is 4.79 Å². The lowest BCUT2D eigenvalue weighted by molar-refractivity contribution is -0.138. The van der Waals surface area contributed by atoms with E-state index in [4.69, 9.17) is 10.8 Å². The Bertz CT molecular complexity index is 264. The maximum Gasteiger partial charge on any atom is 0.320 e. The zero-order chi connectivity index (χ0) is 8.97. The lowest BCUT2D eigenvalue weighted by Gasteiger charge is -2.04. The van der Waals surface area contributed by atoms with Crippen molar-refractivity contribution in [2.75, 3.05) is 0 Å². The van der Waals surface area contributed by atoms with Crippen LogP contribution in [-0.4, -0.2) is 34.5 Å². The van der Waals surface area contributed by atoms with E-state index >= 15 is 0 Å². The van der Waals surface area contributed by atoms with Crippen molar-refractivity contribution in [2.45, 2.75) is 12.5 Å². The number of hydrogen-bond donors (Lipinski definition) is 2. The van der Waals surface area contributed by atoms with E-state index in [0.29, 0.717) is 6.42 Å². The molecule has 0 radical (unpaired) electrons. The second kappa shape index (κ2) is 5.76. The largest absolute Gasteiger partial charge is 0.480 e. The zero-order valence-electron chi connectivity index (χ0n) is 6.60. The third-order valence-corrected chi connectivity index (χ3v) is 1.62. The predicted molar refractivity (Wildman–Crippen MR) is 55.7 cm³/mol. The number of hydrogen-bond acceptors (Lipinski definition) is 2. The first-order valence-corrected chi connectivity index (χ1v) is 3.72. The predicted octanol–water partition coefficient (Wildman–Crippen LogP) is -0.543. The van der Waals surface area contributed by atoms with Gasteiger partial charge in [-0.05, 0) is 12.0 Å². The molecule has 0 heterocycles. The summed E-state index contributed by atoms with van der Waals surface area (Å²) < 4.78 is 0. The van der Waals surface area contributed by atoms with Crippen LogP contribution in [0.15, 0.2) is 30.3 Å². The van der Waals surface area contributed by atoms with Crippen molar-refractivity contribution < 1.29 is 9.90 Å². The molecule has 4 heteroatoms. The average Bonchev–Trinajstić information content (AvgIpc) is 2.06. The Balaban J connectivity index is 0.00000144. The lowest BCUT2D eigenvalue weighted by atomic mass is 10.1. The molecule has 0 spiro atoms. The van der Waals surface area contributed by atoms with Crippen LogP contribution in [0.1, 0.15) is 5.56 Å². The quantitative estimate of drug-likeness (QED) is 0.636. The van der Waals surface area contributed by atoms with Crippen molar-refractivity contribution in [1.29, 1.82) is 0 Å². The van der Waals surface area contributed by atoms with Gasteiger partial charge in [0.2, 0.25) is 0 Å². The van der Waals surface area contributed by atoms with Crippen molar-refractivity contribution in [1.82, 2.24) is 0 Å². The number of carbonyl (C=O) groups is 1. The normalized spacial score (nSPS) is 11.5. The number of aliphatic carboxylic acids is 1. The highest BCUT2D eigenvalue weighted by Gasteiger charge is 2.10. The molecule has 0 saturated heterocycles. The Morgan fingerprint density at radius 1 is 1.38 bits per heavy atom.